The van der Waals surface area contributed by atoms with Crippen LogP contribution >= 0.6 is 11.6 Å². The molecule has 0 radical (unpaired) electrons. The highest BCUT2D eigenvalue weighted by atomic mass is 35.5. The summed E-state index contributed by atoms with van der Waals surface area (Å²) < 4.78 is 1.73. The Kier molecular flexibility index (Phi) is 1.56. The summed E-state index contributed by atoms with van der Waals surface area (Å²) in [5.41, 5.74) is 0.826. The Hall–Kier alpha value is -1.16. The van der Waals surface area contributed by atoms with E-state index in [1.165, 1.54) is 12.8 Å². The zero-order valence-electron chi connectivity index (χ0n) is 7.74. The monoisotopic (exact) mass is 208 g/mol. The molecule has 72 valence electrons. The summed E-state index contributed by atoms with van der Waals surface area (Å²) in [7, 11) is 1.86. The second-order valence-electron chi connectivity index (χ2n) is 3.65. The molecular weight excluding hydrogens is 200 g/mol. The maximum absolute atomic E-state index is 6.04. The number of aryl methyl sites for hydroxylation is 1. The third kappa shape index (κ3) is 1.10. The average Bonchev–Trinajstić information content (AvgIpc) is 2.93. The van der Waals surface area contributed by atoms with Gasteiger partial charge in [-0.3, -0.25) is 4.68 Å². The molecular formula is C9H9ClN4. The fraction of sp³-hybridized carbons (Fsp3) is 0.444. The zero-order chi connectivity index (χ0) is 9.71. The van der Waals surface area contributed by atoms with E-state index in [9.17, 15) is 0 Å². The Labute approximate surface area is 85.9 Å². The van der Waals surface area contributed by atoms with Crippen LogP contribution in [0, 0.1) is 0 Å². The molecule has 0 unspecified atom stereocenters. The Morgan fingerprint density at radius 2 is 2.21 bits per heavy atom. The van der Waals surface area contributed by atoms with Crippen LogP contribution in [0.15, 0.2) is 6.20 Å². The van der Waals surface area contributed by atoms with Crippen LogP contribution in [0.3, 0.4) is 0 Å². The summed E-state index contributed by atoms with van der Waals surface area (Å²) in [6.07, 6.45) is 4.06. The van der Waals surface area contributed by atoms with E-state index in [2.05, 4.69) is 15.1 Å². The van der Waals surface area contributed by atoms with Crippen LogP contribution < -0.4 is 0 Å². The highest BCUT2D eigenvalue weighted by molar-refractivity contribution is 6.33. The molecule has 0 saturated heterocycles. The molecule has 0 aromatic carbocycles. The Morgan fingerprint density at radius 1 is 1.43 bits per heavy atom. The average molecular weight is 209 g/mol. The van der Waals surface area contributed by atoms with E-state index in [1.54, 1.807) is 10.9 Å². The third-order valence-electron chi connectivity index (χ3n) is 2.51. The summed E-state index contributed by atoms with van der Waals surface area (Å²) in [5, 5.41) is 5.46. The van der Waals surface area contributed by atoms with Crippen LogP contribution in [0.2, 0.25) is 5.15 Å². The van der Waals surface area contributed by atoms with Crippen LogP contribution in [0.1, 0.15) is 24.6 Å². The minimum Gasteiger partial charge on any atom is -0.250 e. The first kappa shape index (κ1) is 8.17. The van der Waals surface area contributed by atoms with Gasteiger partial charge in [-0.25, -0.2) is 9.97 Å². The maximum atomic E-state index is 6.04. The maximum Gasteiger partial charge on any atom is 0.162 e. The van der Waals surface area contributed by atoms with Crippen LogP contribution in [-0.2, 0) is 7.05 Å². The van der Waals surface area contributed by atoms with Crippen molar-refractivity contribution in [3.8, 4) is 0 Å². The first-order valence-electron chi connectivity index (χ1n) is 4.61. The van der Waals surface area contributed by atoms with Crippen molar-refractivity contribution in [3.05, 3.63) is 17.2 Å². The van der Waals surface area contributed by atoms with Gasteiger partial charge in [-0.1, -0.05) is 11.6 Å². The van der Waals surface area contributed by atoms with Crippen molar-refractivity contribution < 1.29 is 0 Å². The van der Waals surface area contributed by atoms with E-state index in [0.717, 1.165) is 16.9 Å². The largest absolute Gasteiger partial charge is 0.250 e. The fourth-order valence-electron chi connectivity index (χ4n) is 1.53. The van der Waals surface area contributed by atoms with Crippen molar-refractivity contribution >= 4 is 22.6 Å². The van der Waals surface area contributed by atoms with Gasteiger partial charge in [-0.15, -0.1) is 0 Å². The molecule has 1 saturated carbocycles. The Balaban J connectivity index is 2.30. The van der Waals surface area contributed by atoms with Gasteiger partial charge in [0.1, 0.15) is 11.0 Å². The number of rotatable bonds is 1. The third-order valence-corrected chi connectivity index (χ3v) is 2.79. The number of aromatic nitrogens is 4. The summed E-state index contributed by atoms with van der Waals surface area (Å²) in [5.74, 6) is 1.39. The van der Waals surface area contributed by atoms with Gasteiger partial charge in [-0.05, 0) is 12.8 Å². The summed E-state index contributed by atoms with van der Waals surface area (Å²) >= 11 is 6.04. The predicted octanol–water partition coefficient (Wildman–Crippen LogP) is 1.89. The van der Waals surface area contributed by atoms with Gasteiger partial charge in [0.2, 0.25) is 0 Å². The second kappa shape index (κ2) is 2.67. The van der Waals surface area contributed by atoms with Crippen LogP contribution in [0.25, 0.3) is 11.0 Å². The molecule has 14 heavy (non-hydrogen) atoms. The highest BCUT2D eigenvalue weighted by Crippen LogP contribution is 2.39. The lowest BCUT2D eigenvalue weighted by Gasteiger charge is -1.99. The highest BCUT2D eigenvalue weighted by Gasteiger charge is 2.27. The smallest absolute Gasteiger partial charge is 0.162 e. The van der Waals surface area contributed by atoms with Gasteiger partial charge in [0.25, 0.3) is 0 Å². The summed E-state index contributed by atoms with van der Waals surface area (Å²) in [6, 6.07) is 0. The van der Waals surface area contributed by atoms with Crippen molar-refractivity contribution in [3.63, 3.8) is 0 Å². The van der Waals surface area contributed by atoms with E-state index in [0.29, 0.717) is 11.1 Å². The molecule has 0 atom stereocenters. The number of hydrogen-bond acceptors (Lipinski definition) is 3. The SMILES string of the molecule is Cn1ncc2c(Cl)nc(C3CC3)nc21. The lowest BCUT2D eigenvalue weighted by molar-refractivity contribution is 0.779. The topological polar surface area (TPSA) is 43.6 Å². The Bertz CT molecular complexity index is 501. The first-order valence-corrected chi connectivity index (χ1v) is 4.98. The van der Waals surface area contributed by atoms with Gasteiger partial charge in [0, 0.05) is 13.0 Å². The van der Waals surface area contributed by atoms with E-state index in [4.69, 9.17) is 11.6 Å². The molecule has 0 bridgehead atoms. The molecule has 2 aromatic heterocycles. The zero-order valence-corrected chi connectivity index (χ0v) is 8.49. The van der Waals surface area contributed by atoms with Crippen molar-refractivity contribution in [2.75, 3.05) is 0 Å². The van der Waals surface area contributed by atoms with E-state index < -0.39 is 0 Å². The van der Waals surface area contributed by atoms with Crippen molar-refractivity contribution in [1.82, 2.24) is 19.7 Å². The van der Waals surface area contributed by atoms with E-state index in [-0.39, 0.29) is 0 Å². The van der Waals surface area contributed by atoms with Gasteiger partial charge in [-0.2, -0.15) is 5.10 Å². The summed E-state index contributed by atoms with van der Waals surface area (Å²) in [6.45, 7) is 0. The lowest BCUT2D eigenvalue weighted by Crippen LogP contribution is -1.97. The molecule has 1 fully saturated rings. The van der Waals surface area contributed by atoms with E-state index in [1.807, 2.05) is 7.05 Å². The molecule has 2 heterocycles. The standard InChI is InChI=1S/C9H9ClN4/c1-14-9-6(4-11-14)7(10)12-8(13-9)5-2-3-5/h4-5H,2-3H2,1H3. The predicted molar refractivity (Wildman–Crippen MR) is 53.3 cm³/mol. The molecule has 2 aromatic rings. The van der Waals surface area contributed by atoms with Crippen molar-refractivity contribution in [2.45, 2.75) is 18.8 Å². The van der Waals surface area contributed by atoms with Gasteiger partial charge in [0.05, 0.1) is 11.6 Å². The van der Waals surface area contributed by atoms with Crippen LogP contribution in [0.4, 0.5) is 0 Å². The van der Waals surface area contributed by atoms with Crippen molar-refractivity contribution in [1.29, 1.82) is 0 Å². The molecule has 0 amide bonds. The lowest BCUT2D eigenvalue weighted by atomic mass is 10.3. The molecule has 0 spiro atoms. The van der Waals surface area contributed by atoms with Crippen molar-refractivity contribution in [2.24, 2.45) is 7.05 Å². The molecule has 4 nitrogen and oxygen atoms in total. The molecule has 3 rings (SSSR count). The Morgan fingerprint density at radius 3 is 2.93 bits per heavy atom. The van der Waals surface area contributed by atoms with Gasteiger partial charge >= 0.3 is 0 Å². The number of hydrogen-bond donors (Lipinski definition) is 0. The normalized spacial score (nSPS) is 16.4. The number of fused-ring (bicyclic) bond motifs is 1. The summed E-state index contributed by atoms with van der Waals surface area (Å²) in [4.78, 5) is 8.74. The fourth-order valence-corrected chi connectivity index (χ4v) is 1.75. The van der Waals surface area contributed by atoms with Crippen LogP contribution in [0.5, 0.6) is 0 Å². The molecule has 1 aliphatic rings. The minimum absolute atomic E-state index is 0.519. The second-order valence-corrected chi connectivity index (χ2v) is 4.01. The quantitative estimate of drug-likeness (QED) is 0.673. The number of nitrogens with zero attached hydrogens (tertiary/aromatic N) is 4. The minimum atomic E-state index is 0.519. The molecule has 5 heteroatoms. The van der Waals surface area contributed by atoms with Gasteiger partial charge in [0.15, 0.2) is 5.65 Å². The molecule has 0 aliphatic heterocycles. The first-order chi connectivity index (χ1) is 6.75. The van der Waals surface area contributed by atoms with Gasteiger partial charge < -0.3 is 0 Å². The molecule has 0 N–H and O–H groups in total. The number of halogens is 1. The van der Waals surface area contributed by atoms with Crippen LogP contribution in [-0.4, -0.2) is 19.7 Å². The molecule has 1 aliphatic carbocycles. The van der Waals surface area contributed by atoms with E-state index >= 15 is 0 Å².